The van der Waals surface area contributed by atoms with Crippen molar-refractivity contribution >= 4 is 50.7 Å². The molecule has 186 valence electrons. The summed E-state index contributed by atoms with van der Waals surface area (Å²) in [6, 6.07) is 10.4. The molecule has 2 aromatic carbocycles. The minimum absolute atomic E-state index is 0.0756. The van der Waals surface area contributed by atoms with E-state index in [0.717, 1.165) is 17.0 Å². The summed E-state index contributed by atoms with van der Waals surface area (Å²) >= 11 is 12.6. The average molecular weight is 530 g/mol. The number of hydrogen-bond donors (Lipinski definition) is 1. The smallest absolute Gasteiger partial charge is 0.244 e. The number of amides is 2. The van der Waals surface area contributed by atoms with Gasteiger partial charge in [-0.2, -0.15) is 0 Å². The maximum Gasteiger partial charge on any atom is 0.244 e. The first kappa shape index (κ1) is 27.8. The molecule has 0 saturated heterocycles. The molecule has 0 heterocycles. The van der Waals surface area contributed by atoms with Crippen LogP contribution in [0.15, 0.2) is 42.5 Å². The third-order valence-electron chi connectivity index (χ3n) is 5.13. The molecule has 0 saturated carbocycles. The van der Waals surface area contributed by atoms with E-state index in [-0.39, 0.29) is 18.1 Å². The molecule has 0 aliphatic heterocycles. The molecule has 2 amide bonds. The van der Waals surface area contributed by atoms with Crippen molar-refractivity contribution in [3.63, 3.8) is 0 Å². The summed E-state index contributed by atoms with van der Waals surface area (Å²) < 4.78 is 31.3. The monoisotopic (exact) mass is 529 g/mol. The Kier molecular flexibility index (Phi) is 10.0. The lowest BCUT2D eigenvalue weighted by Gasteiger charge is -2.32. The molecule has 34 heavy (non-hydrogen) atoms. The molecule has 0 fully saturated rings. The highest BCUT2D eigenvalue weighted by atomic mass is 35.5. The Morgan fingerprint density at radius 3 is 2.29 bits per heavy atom. The maximum absolute atomic E-state index is 13.5. The van der Waals surface area contributed by atoms with Gasteiger partial charge in [0, 0.05) is 34.8 Å². The fourth-order valence-corrected chi connectivity index (χ4v) is 4.57. The molecule has 0 bridgehead atoms. The van der Waals surface area contributed by atoms with Gasteiger partial charge in [-0.1, -0.05) is 42.3 Å². The third kappa shape index (κ3) is 7.25. The van der Waals surface area contributed by atoms with Crippen LogP contribution >= 0.6 is 23.2 Å². The van der Waals surface area contributed by atoms with Crippen molar-refractivity contribution < 1.29 is 22.7 Å². The van der Waals surface area contributed by atoms with Gasteiger partial charge in [0.1, 0.15) is 18.3 Å². The van der Waals surface area contributed by atoms with Crippen molar-refractivity contribution in [2.24, 2.45) is 0 Å². The lowest BCUT2D eigenvalue weighted by atomic mass is 10.1. The number of sulfonamides is 1. The number of methoxy groups -OCH3 is 1. The highest BCUT2D eigenvalue weighted by Gasteiger charge is 2.31. The molecule has 0 aromatic heterocycles. The zero-order valence-electron chi connectivity index (χ0n) is 19.5. The first-order valence-electron chi connectivity index (χ1n) is 10.6. The van der Waals surface area contributed by atoms with Crippen LogP contribution in [0.25, 0.3) is 0 Å². The van der Waals surface area contributed by atoms with Gasteiger partial charge in [-0.05, 0) is 37.6 Å². The number of hydrogen-bond acceptors (Lipinski definition) is 5. The van der Waals surface area contributed by atoms with Gasteiger partial charge in [0.25, 0.3) is 0 Å². The third-order valence-corrected chi connectivity index (χ3v) is 6.98. The van der Waals surface area contributed by atoms with E-state index in [0.29, 0.717) is 27.9 Å². The summed E-state index contributed by atoms with van der Waals surface area (Å²) in [5, 5.41) is 3.43. The normalized spacial score (nSPS) is 12.1. The van der Waals surface area contributed by atoms with Crippen LogP contribution in [0.2, 0.25) is 10.0 Å². The van der Waals surface area contributed by atoms with Crippen molar-refractivity contribution in [1.82, 2.24) is 10.2 Å². The molecule has 0 unspecified atom stereocenters. The van der Waals surface area contributed by atoms with Crippen LogP contribution in [0.5, 0.6) is 5.75 Å². The van der Waals surface area contributed by atoms with E-state index in [2.05, 4.69) is 5.32 Å². The Bertz CT molecular complexity index is 1110. The Morgan fingerprint density at radius 2 is 1.74 bits per heavy atom. The number of rotatable bonds is 11. The largest absolute Gasteiger partial charge is 0.497 e. The van der Waals surface area contributed by atoms with Gasteiger partial charge in [0.15, 0.2) is 0 Å². The van der Waals surface area contributed by atoms with Crippen LogP contribution in [0.1, 0.15) is 25.8 Å². The van der Waals surface area contributed by atoms with Crippen LogP contribution in [0.4, 0.5) is 5.69 Å². The summed E-state index contributed by atoms with van der Waals surface area (Å²) in [6.07, 6.45) is 1.73. The molecule has 8 nitrogen and oxygen atoms in total. The molecule has 0 spiro atoms. The highest BCUT2D eigenvalue weighted by Crippen LogP contribution is 2.28. The van der Waals surface area contributed by atoms with E-state index in [9.17, 15) is 18.0 Å². The summed E-state index contributed by atoms with van der Waals surface area (Å²) in [5.41, 5.74) is 0.718. The van der Waals surface area contributed by atoms with E-state index in [4.69, 9.17) is 27.9 Å². The number of nitrogens with zero attached hydrogens (tertiary/aromatic N) is 2. The second-order valence-corrected chi connectivity index (χ2v) is 10.4. The van der Waals surface area contributed by atoms with Gasteiger partial charge < -0.3 is 15.0 Å². The zero-order chi connectivity index (χ0) is 25.5. The van der Waals surface area contributed by atoms with Crippen molar-refractivity contribution in [2.75, 3.05) is 30.8 Å². The fraction of sp³-hybridized carbons (Fsp3) is 0.391. The Balaban J connectivity index is 2.44. The second-order valence-electron chi connectivity index (χ2n) is 7.66. The molecule has 1 N–H and O–H groups in total. The molecule has 0 aliphatic carbocycles. The van der Waals surface area contributed by atoms with Gasteiger partial charge >= 0.3 is 0 Å². The summed E-state index contributed by atoms with van der Waals surface area (Å²) in [7, 11) is -2.38. The van der Waals surface area contributed by atoms with Gasteiger partial charge in [0.05, 0.1) is 19.1 Å². The van der Waals surface area contributed by atoms with Crippen LogP contribution in [0.3, 0.4) is 0 Å². The number of carbonyl (C=O) groups excluding carboxylic acids is 2. The van der Waals surface area contributed by atoms with Gasteiger partial charge in [-0.25, -0.2) is 8.42 Å². The van der Waals surface area contributed by atoms with Crippen LogP contribution in [-0.2, 0) is 26.2 Å². The molecular formula is C23H29Cl2N3O5S. The molecule has 0 aliphatic rings. The van der Waals surface area contributed by atoms with Gasteiger partial charge in [-0.15, -0.1) is 0 Å². The number of nitrogens with one attached hydrogen (secondary N) is 1. The lowest BCUT2D eigenvalue weighted by Crippen LogP contribution is -2.51. The molecule has 2 rings (SSSR count). The molecule has 11 heteroatoms. The molecule has 0 radical (unpaired) electrons. The summed E-state index contributed by atoms with van der Waals surface area (Å²) in [6.45, 7) is 3.32. The Morgan fingerprint density at radius 1 is 1.12 bits per heavy atom. The minimum atomic E-state index is -3.84. The number of ether oxygens (including phenoxy) is 1. The van der Waals surface area contributed by atoms with Crippen molar-refractivity contribution in [3.05, 3.63) is 58.1 Å². The fourth-order valence-electron chi connectivity index (χ4n) is 3.21. The predicted octanol–water partition coefficient (Wildman–Crippen LogP) is 3.71. The first-order chi connectivity index (χ1) is 16.0. The topological polar surface area (TPSA) is 96.0 Å². The summed E-state index contributed by atoms with van der Waals surface area (Å²) in [5.74, 6) is -0.528. The molecule has 2 aromatic rings. The van der Waals surface area contributed by atoms with Crippen LogP contribution in [0, 0.1) is 0 Å². The second kappa shape index (κ2) is 12.3. The van der Waals surface area contributed by atoms with E-state index >= 15 is 0 Å². The quantitative estimate of drug-likeness (QED) is 0.478. The highest BCUT2D eigenvalue weighted by molar-refractivity contribution is 7.92. The van der Waals surface area contributed by atoms with Crippen molar-refractivity contribution in [3.8, 4) is 5.75 Å². The van der Waals surface area contributed by atoms with E-state index in [1.54, 1.807) is 43.3 Å². The minimum Gasteiger partial charge on any atom is -0.497 e. The molecular weight excluding hydrogens is 501 g/mol. The van der Waals surface area contributed by atoms with E-state index in [1.807, 2.05) is 6.92 Å². The van der Waals surface area contributed by atoms with Crippen molar-refractivity contribution in [1.29, 1.82) is 0 Å². The number of benzene rings is 2. The van der Waals surface area contributed by atoms with E-state index < -0.39 is 28.5 Å². The van der Waals surface area contributed by atoms with Gasteiger partial charge in [0.2, 0.25) is 21.8 Å². The Labute approximate surface area is 210 Å². The number of halogens is 2. The van der Waals surface area contributed by atoms with E-state index in [1.165, 1.54) is 18.1 Å². The number of anilines is 1. The SMILES string of the molecule is CCCNC(=O)[C@@H](C)N(Cc1c(Cl)cccc1Cl)C(=O)CN(c1cccc(OC)c1)S(C)(=O)=O. The standard InChI is InChI=1S/C23H29Cl2N3O5S/c1-5-12-26-23(30)16(2)27(14-19-20(24)10-7-11-21(19)25)22(29)15-28(34(4,31)32)17-8-6-9-18(13-17)33-3/h6-11,13,16H,5,12,14-15H2,1-4H3,(H,26,30)/t16-/m1/s1. The maximum atomic E-state index is 13.5. The summed E-state index contributed by atoms with van der Waals surface area (Å²) in [4.78, 5) is 27.5. The Hall–Kier alpha value is -2.49. The molecule has 1 atom stereocenters. The number of carbonyl (C=O) groups is 2. The average Bonchev–Trinajstić information content (AvgIpc) is 2.79. The van der Waals surface area contributed by atoms with Gasteiger partial charge in [-0.3, -0.25) is 13.9 Å². The van der Waals surface area contributed by atoms with Crippen LogP contribution in [-0.4, -0.2) is 57.6 Å². The van der Waals surface area contributed by atoms with Crippen molar-refractivity contribution in [2.45, 2.75) is 32.9 Å². The zero-order valence-corrected chi connectivity index (χ0v) is 21.9. The predicted molar refractivity (Wildman–Crippen MR) is 135 cm³/mol. The lowest BCUT2D eigenvalue weighted by molar-refractivity contribution is -0.139. The van der Waals surface area contributed by atoms with Crippen LogP contribution < -0.4 is 14.4 Å². The first-order valence-corrected chi connectivity index (χ1v) is 13.2.